The van der Waals surface area contributed by atoms with Gasteiger partial charge in [0.25, 0.3) is 0 Å². The molecule has 8 rings (SSSR count). The third-order valence-corrected chi connectivity index (χ3v) is 14.1. The second kappa shape index (κ2) is 18.6. The van der Waals surface area contributed by atoms with Crippen LogP contribution in [0.4, 0.5) is 62.6 Å². The number of anilines is 11. The molecule has 2 heterocycles. The summed E-state index contributed by atoms with van der Waals surface area (Å²) in [6, 6.07) is 35.4. The Kier molecular flexibility index (Phi) is 13.5. The smallest absolute Gasteiger partial charge is 0.125 e. The van der Waals surface area contributed by atoms with E-state index in [1.807, 2.05) is 4.90 Å². The second-order valence-electron chi connectivity index (χ2n) is 23.3. The van der Waals surface area contributed by atoms with Gasteiger partial charge in [-0.25, -0.2) is 0 Å². The Bertz CT molecular complexity index is 3090. The van der Waals surface area contributed by atoms with Crippen molar-refractivity contribution in [1.82, 2.24) is 0 Å². The van der Waals surface area contributed by atoms with Crippen molar-refractivity contribution in [2.24, 2.45) is 0 Å². The van der Waals surface area contributed by atoms with Gasteiger partial charge in [-0.15, -0.1) is 39.2 Å². The minimum absolute atomic E-state index is 0.0113. The summed E-state index contributed by atoms with van der Waals surface area (Å²) in [6.45, 7) is 26.7. The Morgan fingerprint density at radius 1 is 0.444 bits per heavy atom. The van der Waals surface area contributed by atoms with Crippen LogP contribution in [0, 0.1) is 12.3 Å². The summed E-state index contributed by atoms with van der Waals surface area (Å²) >= 11 is 0. The van der Waals surface area contributed by atoms with Gasteiger partial charge in [0.05, 0.1) is 39.8 Å². The van der Waals surface area contributed by atoms with Crippen molar-refractivity contribution < 1.29 is 0 Å². The van der Waals surface area contributed by atoms with Gasteiger partial charge < -0.3 is 19.6 Å². The lowest BCUT2D eigenvalue weighted by molar-refractivity contribution is 0.590. The van der Waals surface area contributed by atoms with Gasteiger partial charge in [-0.2, -0.15) is 0 Å². The van der Waals surface area contributed by atoms with Crippen LogP contribution in [0.1, 0.15) is 105 Å². The van der Waals surface area contributed by atoms with E-state index in [1.165, 1.54) is 22.3 Å². The highest BCUT2D eigenvalue weighted by atomic mass is 15.3. The Morgan fingerprint density at radius 2 is 0.806 bits per heavy atom. The number of hydrogen-bond acceptors (Lipinski definition) is 4. The van der Waals surface area contributed by atoms with Crippen LogP contribution in [-0.2, 0) is 21.7 Å². The third-order valence-electron chi connectivity index (χ3n) is 14.1. The molecule has 0 saturated heterocycles. The van der Waals surface area contributed by atoms with E-state index < -0.39 is 0 Å². The lowest BCUT2D eigenvalue weighted by atomic mass is 9.61. The number of benzene rings is 6. The first-order chi connectivity index (χ1) is 33.4. The lowest BCUT2D eigenvalue weighted by Crippen LogP contribution is -2.56. The minimum Gasteiger partial charge on any atom is -0.339 e. The molecule has 338 valence electrons. The normalized spacial score (nSPS) is 14.2. The number of terminal acetylenes is 1. The van der Waals surface area contributed by atoms with E-state index in [0.29, 0.717) is 5.69 Å². The van der Waals surface area contributed by atoms with Gasteiger partial charge in [-0.05, 0) is 105 Å². The summed E-state index contributed by atoms with van der Waals surface area (Å²) in [4.78, 5) is 8.92. The van der Waals surface area contributed by atoms with Gasteiger partial charge in [0.15, 0.2) is 0 Å². The van der Waals surface area contributed by atoms with Crippen LogP contribution in [0.15, 0.2) is 119 Å². The first-order valence-electron chi connectivity index (χ1n) is 24.3. The molecule has 0 N–H and O–H groups in total. The molecule has 0 fully saturated rings. The fourth-order valence-electron chi connectivity index (χ4n) is 9.52. The van der Waals surface area contributed by atoms with E-state index in [1.54, 1.807) is 0 Å². The molecular formula is C59H55B9N4. The van der Waals surface area contributed by atoms with Crippen LogP contribution in [0.5, 0.6) is 0 Å². The van der Waals surface area contributed by atoms with Crippen LogP contribution >= 0.6 is 0 Å². The zero-order valence-corrected chi connectivity index (χ0v) is 44.0. The van der Waals surface area contributed by atoms with Gasteiger partial charge in [0.1, 0.15) is 70.6 Å². The molecule has 0 aromatic heterocycles. The number of allylic oxidation sites excluding steroid dienone is 3. The molecule has 72 heavy (non-hydrogen) atoms. The Balaban J connectivity index is 1.57. The number of fused-ring (bicyclic) bond motifs is 4. The predicted molar refractivity (Wildman–Crippen MR) is 319 cm³/mol. The van der Waals surface area contributed by atoms with E-state index in [0.717, 1.165) is 51.2 Å². The van der Waals surface area contributed by atoms with Crippen LogP contribution < -0.4 is 46.9 Å². The van der Waals surface area contributed by atoms with Gasteiger partial charge >= 0.3 is 0 Å². The van der Waals surface area contributed by atoms with Crippen molar-refractivity contribution in [2.45, 2.75) is 105 Å². The maximum absolute atomic E-state index is 6.99. The Morgan fingerprint density at radius 3 is 1.17 bits per heavy atom. The summed E-state index contributed by atoms with van der Waals surface area (Å²) in [5.41, 5.74) is 14.0. The molecule has 2 aliphatic heterocycles. The summed E-state index contributed by atoms with van der Waals surface area (Å²) in [5.74, 6) is 2.37. The Labute approximate surface area is 442 Å². The SMILES string of the molecule is [B]/C(C#C)=C([B])/C([B])=C(/[B])CN(c1cc2c3c(c1)N(c1ccc(C(C)(C)C)cc1)c1ccc(C(C)(C)C)cc1N3c1cc(C(C)(C)C)ccc1N2c1ccc(C(C)(C)C)cc1)c1c([B])c([B])c([B])c([B])c1[B]. The Hall–Kier alpha value is -5.86. The summed E-state index contributed by atoms with van der Waals surface area (Å²) in [7, 11) is 60.0. The maximum atomic E-state index is 6.99. The average Bonchev–Trinajstić information content (AvgIpc) is 3.32. The summed E-state index contributed by atoms with van der Waals surface area (Å²) in [5, 5.41) is 0. The molecule has 0 amide bonds. The quantitative estimate of drug-likeness (QED) is 0.0902. The molecule has 0 spiro atoms. The molecule has 0 unspecified atom stereocenters. The molecule has 6 aromatic rings. The van der Waals surface area contributed by atoms with Crippen molar-refractivity contribution in [3.8, 4) is 12.3 Å². The van der Waals surface area contributed by atoms with Gasteiger partial charge in [-0.1, -0.05) is 142 Å². The van der Waals surface area contributed by atoms with E-state index in [4.69, 9.17) is 77.0 Å². The van der Waals surface area contributed by atoms with Gasteiger partial charge in [0.2, 0.25) is 0 Å². The molecule has 0 atom stereocenters. The molecule has 0 aliphatic carbocycles. The molecule has 18 radical (unpaired) electrons. The number of hydrogen-bond donors (Lipinski definition) is 0. The fourth-order valence-corrected chi connectivity index (χ4v) is 9.52. The zero-order valence-electron chi connectivity index (χ0n) is 44.0. The molecular weight excluding hydrogens is 862 g/mol. The van der Waals surface area contributed by atoms with Crippen molar-refractivity contribution >= 4 is 160 Å². The van der Waals surface area contributed by atoms with Gasteiger partial charge in [-0.3, -0.25) is 0 Å². The zero-order chi connectivity index (χ0) is 52.9. The van der Waals surface area contributed by atoms with Crippen molar-refractivity contribution in [3.05, 3.63) is 141 Å². The summed E-state index contributed by atoms with van der Waals surface area (Å²) < 4.78 is 0. The van der Waals surface area contributed by atoms with E-state index >= 15 is 0 Å². The second-order valence-corrected chi connectivity index (χ2v) is 23.3. The van der Waals surface area contributed by atoms with E-state index in [9.17, 15) is 0 Å². The first-order valence-corrected chi connectivity index (χ1v) is 24.3. The lowest BCUT2D eigenvalue weighted by Gasteiger charge is -2.48. The van der Waals surface area contributed by atoms with Crippen LogP contribution in [-0.4, -0.2) is 77.2 Å². The van der Waals surface area contributed by atoms with Gasteiger partial charge in [0, 0.05) is 29.3 Å². The summed E-state index contributed by atoms with van der Waals surface area (Å²) in [6.07, 6.45) is 5.67. The highest BCUT2D eigenvalue weighted by Crippen LogP contribution is 2.65. The maximum Gasteiger partial charge on any atom is 0.125 e. The first kappa shape index (κ1) is 52.5. The topological polar surface area (TPSA) is 13.0 Å². The minimum atomic E-state index is -0.171. The molecule has 2 aliphatic rings. The van der Waals surface area contributed by atoms with Crippen LogP contribution in [0.2, 0.25) is 0 Å². The number of nitrogens with zero attached hydrogens (tertiary/aromatic N) is 4. The fraction of sp³-hybridized carbons (Fsp3) is 0.288. The highest BCUT2D eigenvalue weighted by molar-refractivity contribution is 6.69. The van der Waals surface area contributed by atoms with Crippen molar-refractivity contribution in [3.63, 3.8) is 0 Å². The average molecular weight is 917 g/mol. The molecule has 13 heteroatoms. The number of rotatable bonds is 7. The largest absolute Gasteiger partial charge is 0.339 e. The molecule has 6 aromatic carbocycles. The molecule has 0 bridgehead atoms. The van der Waals surface area contributed by atoms with Crippen molar-refractivity contribution in [1.29, 1.82) is 0 Å². The van der Waals surface area contributed by atoms with Crippen LogP contribution in [0.3, 0.4) is 0 Å². The standard InChI is InChI=1S/C59H55B9N4/c1-14-39(60)47(62)48(63)40(61)31-69(55-52(67)50(65)49(64)51(66)53(55)68)38-29-45-54-46(30-38)71(37-23-17-33(18-24-37)57(5,6)7)42-26-20-35(59(11,12)13)28-44(42)72(54)43-27-34(58(8,9)10)19-25-41(43)70(45)36-21-15-32(16-22-36)56(2,3)4/h1,15-30H,31H2,2-13H3/b47-39-,48-40-. The van der Waals surface area contributed by atoms with Crippen molar-refractivity contribution in [2.75, 3.05) is 26.1 Å². The van der Waals surface area contributed by atoms with E-state index in [2.05, 4.69) is 201 Å². The molecule has 4 nitrogen and oxygen atoms in total. The predicted octanol–water partition coefficient (Wildman–Crippen LogP) is 8.75. The monoisotopic (exact) mass is 919 g/mol. The van der Waals surface area contributed by atoms with Crippen LogP contribution in [0.25, 0.3) is 0 Å². The highest BCUT2D eigenvalue weighted by Gasteiger charge is 2.42. The third kappa shape index (κ3) is 9.27. The molecule has 0 saturated carbocycles. The van der Waals surface area contributed by atoms with E-state index in [-0.39, 0.29) is 83.1 Å².